The molecule has 0 atom stereocenters. The largest absolute Gasteiger partial charge is 0.492 e. The lowest BCUT2D eigenvalue weighted by molar-refractivity contribution is -0.123. The Hall–Kier alpha value is -2.96. The van der Waals surface area contributed by atoms with E-state index in [0.29, 0.717) is 0 Å². The summed E-state index contributed by atoms with van der Waals surface area (Å²) >= 11 is 0. The van der Waals surface area contributed by atoms with E-state index in [2.05, 4.69) is 5.32 Å². The molecule has 2 aromatic carbocycles. The zero-order valence-corrected chi connectivity index (χ0v) is 14.8. The molecule has 5 nitrogen and oxygen atoms in total. The van der Waals surface area contributed by atoms with Gasteiger partial charge >= 0.3 is 5.97 Å². The Morgan fingerprint density at radius 2 is 1.65 bits per heavy atom. The third-order valence-corrected chi connectivity index (χ3v) is 3.74. The van der Waals surface area contributed by atoms with Gasteiger partial charge in [-0.3, -0.25) is 4.79 Å². The number of benzene rings is 2. The Labute approximate surface area is 149 Å². The minimum atomic E-state index is -1.65. The number of ether oxygens (including phenoxy) is 1. The summed E-state index contributed by atoms with van der Waals surface area (Å²) in [7, 11) is 1.11. The number of halogens is 2. The van der Waals surface area contributed by atoms with Crippen LogP contribution in [0.1, 0.15) is 31.1 Å². The molecule has 7 heteroatoms. The topological polar surface area (TPSA) is 75.6 Å². The summed E-state index contributed by atoms with van der Waals surface area (Å²) in [5.74, 6) is -5.18. The SMILES string of the molecule is COc1c(F)c(-c2ccccc2)c(F)c(C(=O)O)c1NC(=O)C(C)(C)C. The molecule has 0 aliphatic carbocycles. The van der Waals surface area contributed by atoms with E-state index in [1.165, 1.54) is 12.1 Å². The highest BCUT2D eigenvalue weighted by Gasteiger charge is 2.32. The van der Waals surface area contributed by atoms with Gasteiger partial charge in [0.05, 0.1) is 12.7 Å². The van der Waals surface area contributed by atoms with Gasteiger partial charge in [0.1, 0.15) is 11.3 Å². The molecule has 2 N–H and O–H groups in total. The van der Waals surface area contributed by atoms with Crippen LogP contribution in [0.2, 0.25) is 0 Å². The second-order valence-corrected chi connectivity index (χ2v) is 6.66. The maximum atomic E-state index is 15.0. The average Bonchev–Trinajstić information content (AvgIpc) is 2.54. The van der Waals surface area contributed by atoms with Crippen molar-refractivity contribution < 1.29 is 28.2 Å². The molecule has 0 fully saturated rings. The Morgan fingerprint density at radius 1 is 1.08 bits per heavy atom. The number of anilines is 1. The maximum Gasteiger partial charge on any atom is 0.341 e. The van der Waals surface area contributed by atoms with E-state index in [1.807, 2.05) is 0 Å². The summed E-state index contributed by atoms with van der Waals surface area (Å²) in [6, 6.07) is 7.68. The van der Waals surface area contributed by atoms with Gasteiger partial charge in [0.25, 0.3) is 0 Å². The number of amides is 1. The molecule has 1 amide bonds. The quantitative estimate of drug-likeness (QED) is 0.848. The van der Waals surface area contributed by atoms with Crippen LogP contribution in [0.5, 0.6) is 5.75 Å². The van der Waals surface area contributed by atoms with Crippen LogP contribution in [0.15, 0.2) is 30.3 Å². The normalized spacial score (nSPS) is 11.2. The third kappa shape index (κ3) is 3.51. The number of carbonyl (C=O) groups excluding carboxylic acids is 1. The number of carbonyl (C=O) groups is 2. The number of carboxylic acids is 1. The lowest BCUT2D eigenvalue weighted by atomic mass is 9.94. The van der Waals surface area contributed by atoms with Crippen molar-refractivity contribution in [2.24, 2.45) is 5.41 Å². The van der Waals surface area contributed by atoms with Crippen LogP contribution in [0.3, 0.4) is 0 Å². The van der Waals surface area contributed by atoms with E-state index in [1.54, 1.807) is 39.0 Å². The highest BCUT2D eigenvalue weighted by molar-refractivity contribution is 6.05. The van der Waals surface area contributed by atoms with Crippen LogP contribution in [-0.4, -0.2) is 24.1 Å². The zero-order chi connectivity index (χ0) is 19.6. The summed E-state index contributed by atoms with van der Waals surface area (Å²) in [6.07, 6.45) is 0. The average molecular weight is 363 g/mol. The summed E-state index contributed by atoms with van der Waals surface area (Å²) in [4.78, 5) is 23.9. The van der Waals surface area contributed by atoms with Crippen molar-refractivity contribution in [3.63, 3.8) is 0 Å². The van der Waals surface area contributed by atoms with E-state index in [-0.39, 0.29) is 5.56 Å². The van der Waals surface area contributed by atoms with Crippen molar-refractivity contribution in [2.75, 3.05) is 12.4 Å². The molecule has 0 saturated carbocycles. The number of nitrogens with one attached hydrogen (secondary N) is 1. The van der Waals surface area contributed by atoms with Gasteiger partial charge in [0, 0.05) is 5.41 Å². The molecule has 0 bridgehead atoms. The number of hydrogen-bond donors (Lipinski definition) is 2. The number of rotatable bonds is 4. The molecule has 2 aromatic rings. The lowest BCUT2D eigenvalue weighted by Gasteiger charge is -2.22. The van der Waals surface area contributed by atoms with Gasteiger partial charge in [0.2, 0.25) is 5.91 Å². The van der Waals surface area contributed by atoms with Crippen LogP contribution in [0.25, 0.3) is 11.1 Å². The number of carboxylic acid groups (broad SMARTS) is 1. The van der Waals surface area contributed by atoms with Crippen molar-refractivity contribution in [3.05, 3.63) is 47.5 Å². The fraction of sp³-hybridized carbons (Fsp3) is 0.263. The molecule has 0 spiro atoms. The van der Waals surface area contributed by atoms with Crippen LogP contribution in [0, 0.1) is 17.0 Å². The maximum absolute atomic E-state index is 15.0. The molecular formula is C19H19F2NO4. The first-order valence-electron chi connectivity index (χ1n) is 7.78. The van der Waals surface area contributed by atoms with Gasteiger partial charge in [-0.05, 0) is 5.56 Å². The Bertz CT molecular complexity index is 858. The van der Waals surface area contributed by atoms with E-state index in [0.717, 1.165) is 7.11 Å². The van der Waals surface area contributed by atoms with Crippen molar-refractivity contribution in [2.45, 2.75) is 20.8 Å². The zero-order valence-electron chi connectivity index (χ0n) is 14.8. The molecular weight excluding hydrogens is 344 g/mol. The van der Waals surface area contributed by atoms with E-state index in [4.69, 9.17) is 4.74 Å². The minimum absolute atomic E-state index is 0.150. The minimum Gasteiger partial charge on any atom is -0.492 e. The van der Waals surface area contributed by atoms with E-state index >= 15 is 0 Å². The van der Waals surface area contributed by atoms with Crippen molar-refractivity contribution >= 4 is 17.6 Å². The second kappa shape index (κ2) is 7.11. The number of methoxy groups -OCH3 is 1. The molecule has 0 heterocycles. The van der Waals surface area contributed by atoms with Crippen molar-refractivity contribution in [1.29, 1.82) is 0 Å². The first-order valence-corrected chi connectivity index (χ1v) is 7.78. The van der Waals surface area contributed by atoms with E-state index in [9.17, 15) is 23.5 Å². The molecule has 0 aromatic heterocycles. The summed E-state index contributed by atoms with van der Waals surface area (Å²) in [6.45, 7) is 4.75. The first-order chi connectivity index (χ1) is 12.1. The first kappa shape index (κ1) is 19.4. The van der Waals surface area contributed by atoms with Gasteiger partial charge in [0.15, 0.2) is 17.4 Å². The Morgan fingerprint density at radius 3 is 2.12 bits per heavy atom. The Balaban J connectivity index is 2.81. The summed E-state index contributed by atoms with van der Waals surface area (Å²) in [5, 5.41) is 11.8. The van der Waals surface area contributed by atoms with Crippen molar-refractivity contribution in [1.82, 2.24) is 0 Å². The molecule has 0 aliphatic heterocycles. The molecule has 0 unspecified atom stereocenters. The van der Waals surface area contributed by atoms with Gasteiger partial charge in [-0.2, -0.15) is 0 Å². The summed E-state index contributed by atoms with van der Waals surface area (Å²) in [5.41, 5.74) is -2.70. The molecule has 2 rings (SSSR count). The third-order valence-electron chi connectivity index (χ3n) is 3.74. The predicted octanol–water partition coefficient (Wildman–Crippen LogP) is 4.32. The Kier molecular flexibility index (Phi) is 5.30. The van der Waals surface area contributed by atoms with Crippen LogP contribution < -0.4 is 10.1 Å². The van der Waals surface area contributed by atoms with Gasteiger partial charge in [-0.25, -0.2) is 13.6 Å². The fourth-order valence-electron chi connectivity index (χ4n) is 2.34. The molecule has 26 heavy (non-hydrogen) atoms. The summed E-state index contributed by atoms with van der Waals surface area (Å²) < 4.78 is 34.9. The van der Waals surface area contributed by atoms with Gasteiger partial charge in [-0.1, -0.05) is 51.1 Å². The number of hydrogen-bond acceptors (Lipinski definition) is 3. The van der Waals surface area contributed by atoms with Gasteiger partial charge < -0.3 is 15.2 Å². The second-order valence-electron chi connectivity index (χ2n) is 6.66. The van der Waals surface area contributed by atoms with Crippen molar-refractivity contribution in [3.8, 4) is 16.9 Å². The number of aromatic carboxylic acids is 1. The molecule has 138 valence electrons. The molecule has 0 saturated heterocycles. The van der Waals surface area contributed by atoms with Crippen LogP contribution >= 0.6 is 0 Å². The van der Waals surface area contributed by atoms with Gasteiger partial charge in [-0.15, -0.1) is 0 Å². The highest BCUT2D eigenvalue weighted by atomic mass is 19.1. The standard InChI is InChI=1S/C19H19F2NO4/c1-19(2,3)18(25)22-15-12(17(23)24)13(20)11(14(21)16(15)26-4)10-8-6-5-7-9-10/h5-9H,1-4H3,(H,22,25)(H,23,24). The predicted molar refractivity (Wildman–Crippen MR) is 93.4 cm³/mol. The molecule has 0 aliphatic rings. The lowest BCUT2D eigenvalue weighted by Crippen LogP contribution is -2.29. The highest BCUT2D eigenvalue weighted by Crippen LogP contribution is 2.41. The van der Waals surface area contributed by atoms with Crippen LogP contribution in [0.4, 0.5) is 14.5 Å². The molecule has 0 radical (unpaired) electrons. The monoisotopic (exact) mass is 363 g/mol. The van der Waals surface area contributed by atoms with E-state index < -0.39 is 51.5 Å². The smallest absolute Gasteiger partial charge is 0.341 e. The fourth-order valence-corrected chi connectivity index (χ4v) is 2.34. The van der Waals surface area contributed by atoms with Crippen LogP contribution in [-0.2, 0) is 4.79 Å².